The highest BCUT2D eigenvalue weighted by Gasteiger charge is 2.62. The Morgan fingerprint density at radius 3 is 2.31 bits per heavy atom. The number of carbonyl (C=O) groups is 3. The minimum absolute atomic E-state index is 0.00275. The number of nitrogens with zero attached hydrogens (tertiary/aromatic N) is 1. The number of carboxylic acids is 1. The fourth-order valence-electron chi connectivity index (χ4n) is 6.91. The monoisotopic (exact) mass is 474 g/mol. The van der Waals surface area contributed by atoms with E-state index in [4.69, 9.17) is 4.74 Å². The van der Waals surface area contributed by atoms with Crippen LogP contribution in [-0.4, -0.2) is 52.7 Å². The van der Waals surface area contributed by atoms with Crippen molar-refractivity contribution in [2.45, 2.75) is 56.0 Å². The second kappa shape index (κ2) is 8.40. The molecule has 0 radical (unpaired) electrons. The van der Waals surface area contributed by atoms with Gasteiger partial charge < -0.3 is 20.1 Å². The van der Waals surface area contributed by atoms with Crippen LogP contribution < -0.4 is 5.32 Å². The summed E-state index contributed by atoms with van der Waals surface area (Å²) in [6, 6.07) is 16.3. The minimum Gasteiger partial charge on any atom is -0.479 e. The Kier molecular flexibility index (Phi) is 5.31. The summed E-state index contributed by atoms with van der Waals surface area (Å²) in [5, 5.41) is 12.7. The van der Waals surface area contributed by atoms with E-state index < -0.39 is 17.6 Å². The quantitative estimate of drug-likeness (QED) is 0.656. The lowest BCUT2D eigenvalue weighted by atomic mass is 9.73. The molecule has 2 atom stereocenters. The highest BCUT2D eigenvalue weighted by molar-refractivity contribution is 5.89. The molecule has 35 heavy (non-hydrogen) atoms. The van der Waals surface area contributed by atoms with E-state index in [2.05, 4.69) is 29.6 Å². The third-order valence-corrected chi connectivity index (χ3v) is 8.65. The summed E-state index contributed by atoms with van der Waals surface area (Å²) >= 11 is 0. The highest BCUT2D eigenvalue weighted by atomic mass is 16.5. The van der Waals surface area contributed by atoms with E-state index in [9.17, 15) is 19.5 Å². The summed E-state index contributed by atoms with van der Waals surface area (Å²) in [7, 11) is 0. The number of alkyl carbamates (subject to hydrolysis) is 1. The maximum Gasteiger partial charge on any atom is 0.407 e. The van der Waals surface area contributed by atoms with Gasteiger partial charge in [0.2, 0.25) is 5.91 Å². The molecule has 2 aliphatic heterocycles. The van der Waals surface area contributed by atoms with Gasteiger partial charge in [0, 0.05) is 24.9 Å². The molecule has 2 saturated carbocycles. The SMILES string of the molecule is O=C(N[C@@H]1CCC[C@H]1CC(=O)N1CC2CC1(C(=O)O)C2)OCC1c2ccccc2-c2ccccc21. The summed E-state index contributed by atoms with van der Waals surface area (Å²) in [5.74, 6) is -0.666. The van der Waals surface area contributed by atoms with Crippen LogP contribution in [-0.2, 0) is 14.3 Å². The van der Waals surface area contributed by atoms with E-state index in [1.807, 2.05) is 24.3 Å². The Bertz CT molecular complexity index is 1140. The van der Waals surface area contributed by atoms with Crippen LogP contribution in [0.1, 0.15) is 55.6 Å². The molecule has 0 spiro atoms. The summed E-state index contributed by atoms with van der Waals surface area (Å²) in [6.07, 6.45) is 3.53. The predicted molar refractivity (Wildman–Crippen MR) is 129 cm³/mol. The van der Waals surface area contributed by atoms with E-state index in [1.165, 1.54) is 22.3 Å². The van der Waals surface area contributed by atoms with Gasteiger partial charge in [-0.2, -0.15) is 0 Å². The molecule has 182 valence electrons. The van der Waals surface area contributed by atoms with Crippen LogP contribution in [0.4, 0.5) is 4.79 Å². The minimum atomic E-state index is -0.990. The molecule has 2 saturated heterocycles. The summed E-state index contributed by atoms with van der Waals surface area (Å²) < 4.78 is 5.70. The molecule has 5 aliphatic rings. The average molecular weight is 475 g/mol. The van der Waals surface area contributed by atoms with Gasteiger partial charge in [0.25, 0.3) is 0 Å². The molecule has 7 nitrogen and oxygen atoms in total. The van der Waals surface area contributed by atoms with Crippen LogP contribution in [0.5, 0.6) is 0 Å². The van der Waals surface area contributed by atoms with Gasteiger partial charge in [0.1, 0.15) is 12.1 Å². The zero-order valence-electron chi connectivity index (χ0n) is 19.6. The lowest BCUT2D eigenvalue weighted by Crippen LogP contribution is -2.55. The van der Waals surface area contributed by atoms with Crippen molar-refractivity contribution in [1.29, 1.82) is 0 Å². The number of fused-ring (bicyclic) bond motifs is 4. The summed E-state index contributed by atoms with van der Waals surface area (Å²) in [5.41, 5.74) is 3.72. The maximum absolute atomic E-state index is 13.0. The fourth-order valence-corrected chi connectivity index (χ4v) is 6.91. The van der Waals surface area contributed by atoms with Gasteiger partial charge in [-0.05, 0) is 59.8 Å². The van der Waals surface area contributed by atoms with Crippen LogP contribution in [0, 0.1) is 11.8 Å². The largest absolute Gasteiger partial charge is 0.479 e. The molecule has 2 N–H and O–H groups in total. The van der Waals surface area contributed by atoms with E-state index >= 15 is 0 Å². The molecule has 2 aromatic rings. The lowest BCUT2D eigenvalue weighted by molar-refractivity contribution is -0.158. The second-order valence-corrected chi connectivity index (χ2v) is 10.6. The number of rotatable bonds is 6. The number of carboxylic acid groups (broad SMARTS) is 1. The zero-order chi connectivity index (χ0) is 24.2. The van der Waals surface area contributed by atoms with Crippen LogP contribution >= 0.6 is 0 Å². The van der Waals surface area contributed by atoms with Crippen molar-refractivity contribution in [2.24, 2.45) is 11.8 Å². The molecule has 7 heteroatoms. The molecular weight excluding hydrogens is 444 g/mol. The van der Waals surface area contributed by atoms with Crippen molar-refractivity contribution in [3.05, 3.63) is 59.7 Å². The van der Waals surface area contributed by atoms with Crippen molar-refractivity contribution in [3.8, 4) is 11.1 Å². The van der Waals surface area contributed by atoms with Crippen LogP contribution in [0.25, 0.3) is 11.1 Å². The highest BCUT2D eigenvalue weighted by Crippen LogP contribution is 2.51. The first kappa shape index (κ1) is 22.1. The van der Waals surface area contributed by atoms with Crippen LogP contribution in [0.2, 0.25) is 0 Å². The van der Waals surface area contributed by atoms with Crippen molar-refractivity contribution in [3.63, 3.8) is 0 Å². The molecule has 7 rings (SSSR count). The average Bonchev–Trinajstić information content (AvgIpc) is 3.59. The third kappa shape index (κ3) is 3.60. The Labute approximate surface area is 204 Å². The van der Waals surface area contributed by atoms with Crippen molar-refractivity contribution in [1.82, 2.24) is 10.2 Å². The molecular formula is C28H30N2O5. The number of benzene rings is 2. The summed E-state index contributed by atoms with van der Waals surface area (Å²) in [4.78, 5) is 39.2. The first-order chi connectivity index (χ1) is 17.0. The van der Waals surface area contributed by atoms with Crippen LogP contribution in [0.15, 0.2) is 48.5 Å². The lowest BCUT2D eigenvalue weighted by Gasteiger charge is -2.38. The van der Waals surface area contributed by atoms with Gasteiger partial charge in [-0.3, -0.25) is 4.79 Å². The topological polar surface area (TPSA) is 95.9 Å². The first-order valence-electron chi connectivity index (χ1n) is 12.6. The molecule has 2 heterocycles. The van der Waals surface area contributed by atoms with Crippen LogP contribution in [0.3, 0.4) is 0 Å². The molecule has 0 aromatic heterocycles. The van der Waals surface area contributed by atoms with Gasteiger partial charge in [0.15, 0.2) is 0 Å². The van der Waals surface area contributed by atoms with E-state index in [0.717, 1.165) is 19.3 Å². The van der Waals surface area contributed by atoms with Gasteiger partial charge in [0.05, 0.1) is 0 Å². The Morgan fingerprint density at radius 2 is 1.66 bits per heavy atom. The molecule has 3 aliphatic carbocycles. The van der Waals surface area contributed by atoms with Crippen molar-refractivity contribution >= 4 is 18.0 Å². The molecule has 2 bridgehead atoms. The van der Waals surface area contributed by atoms with Gasteiger partial charge >= 0.3 is 12.1 Å². The number of hydrogen-bond acceptors (Lipinski definition) is 4. The first-order valence-corrected chi connectivity index (χ1v) is 12.6. The standard InChI is InChI=1S/C28H30N2O5/c31-25(30-15-17-13-28(30,14-17)26(32)33)12-18-6-5-11-24(18)29-27(34)35-16-23-21-9-3-1-7-19(21)20-8-2-4-10-22(20)23/h1-4,7-10,17-18,23-24H,5-6,11-16H2,(H,29,34)(H,32,33)/t17?,18-,24+,28?/m0/s1. The third-order valence-electron chi connectivity index (χ3n) is 8.65. The van der Waals surface area contributed by atoms with Crippen molar-refractivity contribution < 1.29 is 24.2 Å². The predicted octanol–water partition coefficient (Wildman–Crippen LogP) is 4.16. The number of ether oxygens (including phenoxy) is 1. The van der Waals surface area contributed by atoms with Crippen molar-refractivity contribution in [2.75, 3.05) is 13.2 Å². The smallest absolute Gasteiger partial charge is 0.407 e. The number of hydrogen-bond donors (Lipinski definition) is 2. The van der Waals surface area contributed by atoms with E-state index in [1.54, 1.807) is 4.90 Å². The summed E-state index contributed by atoms with van der Waals surface area (Å²) in [6.45, 7) is 0.800. The van der Waals surface area contributed by atoms with Gasteiger partial charge in [-0.25, -0.2) is 9.59 Å². The Morgan fingerprint density at radius 1 is 1.00 bits per heavy atom. The number of aliphatic carboxylic acids is 1. The number of amides is 2. The Balaban J connectivity index is 1.07. The normalized spacial score (nSPS) is 28.2. The molecule has 2 amide bonds. The van der Waals surface area contributed by atoms with Gasteiger partial charge in [-0.15, -0.1) is 0 Å². The van der Waals surface area contributed by atoms with E-state index in [-0.39, 0.29) is 36.8 Å². The number of carbonyl (C=O) groups excluding carboxylic acids is 2. The van der Waals surface area contributed by atoms with E-state index in [0.29, 0.717) is 25.3 Å². The molecule has 4 fully saturated rings. The molecule has 0 unspecified atom stereocenters. The van der Waals surface area contributed by atoms with Gasteiger partial charge in [-0.1, -0.05) is 55.0 Å². The maximum atomic E-state index is 13.0. The zero-order valence-corrected chi connectivity index (χ0v) is 19.6. The second-order valence-electron chi connectivity index (χ2n) is 10.6. The molecule has 2 aromatic carbocycles. The number of nitrogens with one attached hydrogen (secondary N) is 1. The fraction of sp³-hybridized carbons (Fsp3) is 0.464. The Hall–Kier alpha value is -3.35.